The van der Waals surface area contributed by atoms with Crippen LogP contribution in [0.2, 0.25) is 0 Å². The molecule has 34 heavy (non-hydrogen) atoms. The van der Waals surface area contributed by atoms with Gasteiger partial charge in [0.15, 0.2) is 5.82 Å². The van der Waals surface area contributed by atoms with Crippen molar-refractivity contribution in [3.63, 3.8) is 0 Å². The SMILES string of the molecule is COc1cc(C(=O)N2CCCC(N)C2)cc2nc(-c3cc4cc(C)oc4n3CC3CC3)n(C)c12. The number of methoxy groups -OCH3 is 1. The molecular weight excluding hydrogens is 430 g/mol. The lowest BCUT2D eigenvalue weighted by atomic mass is 10.0. The molecule has 1 aliphatic carbocycles. The van der Waals surface area contributed by atoms with Gasteiger partial charge in [0.1, 0.15) is 17.0 Å². The molecule has 0 spiro atoms. The predicted octanol–water partition coefficient (Wildman–Crippen LogP) is 4.08. The summed E-state index contributed by atoms with van der Waals surface area (Å²) >= 11 is 0. The van der Waals surface area contributed by atoms with E-state index in [0.717, 1.165) is 65.3 Å². The Balaban J connectivity index is 1.46. The third-order valence-electron chi connectivity index (χ3n) is 7.20. The summed E-state index contributed by atoms with van der Waals surface area (Å²) in [4.78, 5) is 20.1. The van der Waals surface area contributed by atoms with Crippen molar-refractivity contribution in [2.45, 2.75) is 45.2 Å². The van der Waals surface area contributed by atoms with Crippen molar-refractivity contribution in [2.24, 2.45) is 18.7 Å². The second kappa shape index (κ2) is 7.91. The van der Waals surface area contributed by atoms with Crippen molar-refractivity contribution < 1.29 is 13.9 Å². The number of nitrogens with two attached hydrogens (primary N) is 1. The molecule has 8 heteroatoms. The van der Waals surface area contributed by atoms with Gasteiger partial charge in [-0.3, -0.25) is 4.79 Å². The van der Waals surface area contributed by atoms with Crippen LogP contribution in [-0.4, -0.2) is 51.2 Å². The molecule has 1 saturated carbocycles. The topological polar surface area (TPSA) is 91.5 Å². The third-order valence-corrected chi connectivity index (χ3v) is 7.20. The number of aromatic nitrogens is 3. The van der Waals surface area contributed by atoms with Gasteiger partial charge < -0.3 is 28.9 Å². The number of hydrogen-bond acceptors (Lipinski definition) is 5. The minimum absolute atomic E-state index is 0.0207. The Morgan fingerprint density at radius 1 is 1.24 bits per heavy atom. The number of benzene rings is 1. The van der Waals surface area contributed by atoms with E-state index in [4.69, 9.17) is 19.9 Å². The highest BCUT2D eigenvalue weighted by Crippen LogP contribution is 2.38. The van der Waals surface area contributed by atoms with Crippen LogP contribution in [0.5, 0.6) is 5.75 Å². The van der Waals surface area contributed by atoms with Crippen LogP contribution in [0.25, 0.3) is 33.7 Å². The summed E-state index contributed by atoms with van der Waals surface area (Å²) in [5.41, 5.74) is 10.2. The Hall–Kier alpha value is -3.26. The zero-order valence-electron chi connectivity index (χ0n) is 20.0. The molecule has 6 rings (SSSR count). The van der Waals surface area contributed by atoms with E-state index in [9.17, 15) is 4.79 Å². The van der Waals surface area contributed by atoms with Gasteiger partial charge in [-0.15, -0.1) is 0 Å². The molecule has 2 aliphatic rings. The van der Waals surface area contributed by atoms with E-state index in [2.05, 4.69) is 21.3 Å². The lowest BCUT2D eigenvalue weighted by Gasteiger charge is -2.30. The van der Waals surface area contributed by atoms with Gasteiger partial charge >= 0.3 is 0 Å². The van der Waals surface area contributed by atoms with Crippen LogP contribution in [0, 0.1) is 12.8 Å². The molecule has 2 N–H and O–H groups in total. The molecule has 1 saturated heterocycles. The molecule has 2 fully saturated rings. The first kappa shape index (κ1) is 21.3. The molecule has 3 aromatic heterocycles. The summed E-state index contributed by atoms with van der Waals surface area (Å²) in [6.07, 6.45) is 4.39. The highest BCUT2D eigenvalue weighted by Gasteiger charge is 2.28. The number of rotatable bonds is 5. The second-order valence-electron chi connectivity index (χ2n) is 9.90. The zero-order valence-corrected chi connectivity index (χ0v) is 20.0. The van der Waals surface area contributed by atoms with Crippen molar-refractivity contribution in [1.29, 1.82) is 0 Å². The summed E-state index contributed by atoms with van der Waals surface area (Å²) < 4.78 is 16.1. The van der Waals surface area contributed by atoms with Crippen molar-refractivity contribution in [1.82, 2.24) is 19.0 Å². The molecule has 0 bridgehead atoms. The Morgan fingerprint density at radius 3 is 2.79 bits per heavy atom. The van der Waals surface area contributed by atoms with E-state index in [1.807, 2.05) is 31.0 Å². The average Bonchev–Trinajstić information content (AvgIpc) is 3.38. The number of imidazole rings is 1. The molecule has 4 heterocycles. The van der Waals surface area contributed by atoms with Crippen molar-refractivity contribution >= 4 is 28.0 Å². The first-order chi connectivity index (χ1) is 16.4. The highest BCUT2D eigenvalue weighted by molar-refractivity contribution is 6.00. The van der Waals surface area contributed by atoms with Crippen molar-refractivity contribution in [2.75, 3.05) is 20.2 Å². The normalized spacial score (nSPS) is 18.8. The van der Waals surface area contributed by atoms with Gasteiger partial charge in [-0.2, -0.15) is 0 Å². The molecule has 178 valence electrons. The van der Waals surface area contributed by atoms with Crippen LogP contribution in [-0.2, 0) is 13.6 Å². The van der Waals surface area contributed by atoms with Gasteiger partial charge in [-0.25, -0.2) is 4.98 Å². The molecule has 0 radical (unpaired) electrons. The fourth-order valence-electron chi connectivity index (χ4n) is 5.29. The number of aryl methyl sites for hydroxylation is 2. The summed E-state index contributed by atoms with van der Waals surface area (Å²) in [5, 5.41) is 1.09. The number of piperidine rings is 1. The van der Waals surface area contributed by atoms with Crippen LogP contribution in [0.1, 0.15) is 41.8 Å². The average molecular weight is 462 g/mol. The summed E-state index contributed by atoms with van der Waals surface area (Å²) in [6, 6.07) is 7.97. The smallest absolute Gasteiger partial charge is 0.254 e. The van der Waals surface area contributed by atoms with Crippen LogP contribution < -0.4 is 10.5 Å². The van der Waals surface area contributed by atoms with Gasteiger partial charge in [0.25, 0.3) is 5.91 Å². The number of carbonyl (C=O) groups is 1. The van der Waals surface area contributed by atoms with Crippen LogP contribution >= 0.6 is 0 Å². The molecule has 1 unspecified atom stereocenters. The number of fused-ring (bicyclic) bond motifs is 2. The summed E-state index contributed by atoms with van der Waals surface area (Å²) in [5.74, 6) is 3.05. The Bertz CT molecular complexity index is 1410. The lowest BCUT2D eigenvalue weighted by Crippen LogP contribution is -2.45. The monoisotopic (exact) mass is 461 g/mol. The Kier molecular flexibility index (Phi) is 4.95. The maximum absolute atomic E-state index is 13.3. The molecule has 8 nitrogen and oxygen atoms in total. The third kappa shape index (κ3) is 3.48. The van der Waals surface area contributed by atoms with E-state index >= 15 is 0 Å². The zero-order chi connectivity index (χ0) is 23.6. The van der Waals surface area contributed by atoms with E-state index < -0.39 is 0 Å². The fourth-order valence-corrected chi connectivity index (χ4v) is 5.29. The van der Waals surface area contributed by atoms with E-state index in [1.54, 1.807) is 7.11 Å². The number of likely N-dealkylation sites (tertiary alicyclic amines) is 1. The minimum Gasteiger partial charge on any atom is -0.494 e. The molecule has 4 aromatic rings. The van der Waals surface area contributed by atoms with Gasteiger partial charge in [0.2, 0.25) is 5.71 Å². The number of carbonyl (C=O) groups excluding carboxylic acids is 1. The van der Waals surface area contributed by atoms with E-state index in [-0.39, 0.29) is 11.9 Å². The quantitative estimate of drug-likeness (QED) is 0.484. The standard InChI is InChI=1S/C26H31N5O3/c1-15-9-18-11-21(31(26(18)34-15)13-16-6-7-16)24-28-20-10-17(12-22(33-3)23(20)29(24)2)25(32)30-8-4-5-19(27)14-30/h9-12,16,19H,4-8,13-14,27H2,1-3H3. The summed E-state index contributed by atoms with van der Waals surface area (Å²) in [7, 11) is 3.64. The lowest BCUT2D eigenvalue weighted by molar-refractivity contribution is 0.0708. The van der Waals surface area contributed by atoms with Crippen LogP contribution in [0.4, 0.5) is 0 Å². The van der Waals surface area contributed by atoms with Gasteiger partial charge in [-0.05, 0) is 62.8 Å². The maximum Gasteiger partial charge on any atom is 0.254 e. The first-order valence-electron chi connectivity index (χ1n) is 12.1. The van der Waals surface area contributed by atoms with Crippen LogP contribution in [0.3, 0.4) is 0 Å². The number of furan rings is 1. The van der Waals surface area contributed by atoms with Gasteiger partial charge in [-0.1, -0.05) is 0 Å². The Labute approximate surface area is 198 Å². The summed E-state index contributed by atoms with van der Waals surface area (Å²) in [6.45, 7) is 4.22. The number of hydrogen-bond donors (Lipinski definition) is 1. The number of amides is 1. The number of ether oxygens (including phenoxy) is 1. The first-order valence-corrected chi connectivity index (χ1v) is 12.1. The maximum atomic E-state index is 13.3. The predicted molar refractivity (Wildman–Crippen MR) is 131 cm³/mol. The van der Waals surface area contributed by atoms with E-state index in [0.29, 0.717) is 23.8 Å². The molecule has 1 amide bonds. The van der Waals surface area contributed by atoms with Gasteiger partial charge in [0, 0.05) is 43.7 Å². The molecular formula is C26H31N5O3. The highest BCUT2D eigenvalue weighted by atomic mass is 16.5. The van der Waals surface area contributed by atoms with Crippen molar-refractivity contribution in [3.8, 4) is 17.3 Å². The minimum atomic E-state index is -0.0207. The molecule has 1 atom stereocenters. The Morgan fingerprint density at radius 2 is 2.06 bits per heavy atom. The molecule has 1 aliphatic heterocycles. The second-order valence-corrected chi connectivity index (χ2v) is 9.90. The number of nitrogens with zero attached hydrogens (tertiary/aromatic N) is 4. The fraction of sp³-hybridized carbons (Fsp3) is 0.462. The molecule has 1 aromatic carbocycles. The van der Waals surface area contributed by atoms with Crippen LogP contribution in [0.15, 0.2) is 28.7 Å². The van der Waals surface area contributed by atoms with E-state index in [1.165, 1.54) is 12.8 Å². The van der Waals surface area contributed by atoms with Gasteiger partial charge in [0.05, 0.1) is 18.3 Å². The largest absolute Gasteiger partial charge is 0.494 e. The van der Waals surface area contributed by atoms with Crippen molar-refractivity contribution in [3.05, 3.63) is 35.6 Å².